The topological polar surface area (TPSA) is 26.7 Å². The summed E-state index contributed by atoms with van der Waals surface area (Å²) in [5, 5.41) is 10.2. The summed E-state index contributed by atoms with van der Waals surface area (Å²) in [6.45, 7) is 8.60. The smallest absolute Gasteiger partial charge is 0.0807 e. The lowest BCUT2D eigenvalue weighted by Gasteiger charge is -2.44. The highest BCUT2D eigenvalue weighted by Gasteiger charge is 2.28. The summed E-state index contributed by atoms with van der Waals surface area (Å²) >= 11 is 0. The number of aliphatic hydroxyl groups excluding tert-OH is 1. The van der Waals surface area contributed by atoms with Crippen molar-refractivity contribution in [2.45, 2.75) is 45.4 Å². The van der Waals surface area contributed by atoms with Crippen molar-refractivity contribution in [2.24, 2.45) is 0 Å². The van der Waals surface area contributed by atoms with Crippen LogP contribution in [0, 0.1) is 0 Å². The molecule has 3 heteroatoms. The van der Waals surface area contributed by atoms with Gasteiger partial charge in [0.25, 0.3) is 0 Å². The highest BCUT2D eigenvalue weighted by Crippen LogP contribution is 2.30. The molecule has 0 bridgehead atoms. The number of nitrogens with zero attached hydrogens (tertiary/aromatic N) is 2. The second kappa shape index (κ2) is 5.93. The van der Waals surface area contributed by atoms with Gasteiger partial charge in [0.05, 0.1) is 6.10 Å². The van der Waals surface area contributed by atoms with E-state index in [0.29, 0.717) is 12.1 Å². The molecule has 1 saturated heterocycles. The zero-order chi connectivity index (χ0) is 14.0. The molecule has 2 rings (SSSR count). The number of benzene rings is 1. The monoisotopic (exact) mass is 262 g/mol. The molecular weight excluding hydrogens is 236 g/mol. The first-order valence-electron chi connectivity index (χ1n) is 7.28. The van der Waals surface area contributed by atoms with Crippen molar-refractivity contribution < 1.29 is 5.11 Å². The summed E-state index contributed by atoms with van der Waals surface area (Å²) in [6, 6.07) is 9.34. The van der Waals surface area contributed by atoms with E-state index < -0.39 is 0 Å². The van der Waals surface area contributed by atoms with Crippen LogP contribution in [-0.4, -0.2) is 42.2 Å². The number of anilines is 1. The molecule has 1 fully saturated rings. The van der Waals surface area contributed by atoms with E-state index in [4.69, 9.17) is 0 Å². The van der Waals surface area contributed by atoms with Gasteiger partial charge in [0.1, 0.15) is 0 Å². The lowest BCUT2D eigenvalue weighted by atomic mass is 10.0. The van der Waals surface area contributed by atoms with E-state index in [9.17, 15) is 5.11 Å². The van der Waals surface area contributed by atoms with Crippen LogP contribution in [0.5, 0.6) is 0 Å². The van der Waals surface area contributed by atoms with Gasteiger partial charge in [-0.2, -0.15) is 0 Å². The number of rotatable bonds is 3. The quantitative estimate of drug-likeness (QED) is 0.907. The molecule has 1 N–H and O–H groups in total. The average Bonchev–Trinajstić information content (AvgIpc) is 2.43. The van der Waals surface area contributed by atoms with Crippen LogP contribution in [0.15, 0.2) is 24.3 Å². The maximum Gasteiger partial charge on any atom is 0.0807 e. The van der Waals surface area contributed by atoms with E-state index in [1.807, 2.05) is 13.0 Å². The summed E-state index contributed by atoms with van der Waals surface area (Å²) < 4.78 is 0. The summed E-state index contributed by atoms with van der Waals surface area (Å²) in [5.41, 5.74) is 2.26. The fourth-order valence-electron chi connectivity index (χ4n) is 2.88. The van der Waals surface area contributed by atoms with E-state index >= 15 is 0 Å². The minimum Gasteiger partial charge on any atom is -0.388 e. The summed E-state index contributed by atoms with van der Waals surface area (Å²) in [7, 11) is 2.19. The lowest BCUT2D eigenvalue weighted by Crippen LogP contribution is -2.55. The molecule has 106 valence electrons. The fraction of sp³-hybridized carbons (Fsp3) is 0.625. The van der Waals surface area contributed by atoms with Gasteiger partial charge in [-0.05, 0) is 33.4 Å². The van der Waals surface area contributed by atoms with Crippen molar-refractivity contribution in [3.05, 3.63) is 29.8 Å². The number of piperazine rings is 1. The van der Waals surface area contributed by atoms with E-state index in [0.717, 1.165) is 25.1 Å². The second-order valence-corrected chi connectivity index (χ2v) is 5.75. The normalized spacial score (nSPS) is 26.5. The Morgan fingerprint density at radius 3 is 2.37 bits per heavy atom. The van der Waals surface area contributed by atoms with Crippen LogP contribution in [0.3, 0.4) is 0 Å². The molecule has 0 radical (unpaired) electrons. The maximum absolute atomic E-state index is 10.2. The van der Waals surface area contributed by atoms with Crippen LogP contribution in [-0.2, 0) is 0 Å². The summed E-state index contributed by atoms with van der Waals surface area (Å²) in [4.78, 5) is 4.85. The minimum absolute atomic E-state index is 0.360. The van der Waals surface area contributed by atoms with Crippen LogP contribution >= 0.6 is 0 Å². The zero-order valence-corrected chi connectivity index (χ0v) is 12.5. The number of aliphatic hydroxyl groups is 1. The van der Waals surface area contributed by atoms with Crippen LogP contribution in [0.25, 0.3) is 0 Å². The van der Waals surface area contributed by atoms with Gasteiger partial charge in [-0.25, -0.2) is 0 Å². The van der Waals surface area contributed by atoms with E-state index in [2.05, 4.69) is 48.9 Å². The predicted molar refractivity (Wildman–Crippen MR) is 80.6 cm³/mol. The van der Waals surface area contributed by atoms with Gasteiger partial charge >= 0.3 is 0 Å². The molecule has 19 heavy (non-hydrogen) atoms. The fourth-order valence-corrected chi connectivity index (χ4v) is 2.88. The number of likely N-dealkylation sites (N-methyl/N-ethyl adjacent to an activating group) is 1. The molecule has 0 aromatic heterocycles. The van der Waals surface area contributed by atoms with Gasteiger partial charge in [-0.15, -0.1) is 0 Å². The molecule has 0 saturated carbocycles. The zero-order valence-electron chi connectivity index (χ0n) is 12.5. The third-order valence-electron chi connectivity index (χ3n) is 4.38. The second-order valence-electron chi connectivity index (χ2n) is 5.75. The lowest BCUT2D eigenvalue weighted by molar-refractivity contribution is 0.164. The molecule has 2 unspecified atom stereocenters. The Bertz CT molecular complexity index is 409. The Hall–Kier alpha value is -1.06. The van der Waals surface area contributed by atoms with Crippen LogP contribution in [0.4, 0.5) is 5.69 Å². The van der Waals surface area contributed by atoms with Crippen molar-refractivity contribution in [3.63, 3.8) is 0 Å². The molecule has 1 aliphatic rings. The first kappa shape index (κ1) is 14.4. The highest BCUT2D eigenvalue weighted by molar-refractivity contribution is 5.55. The average molecular weight is 262 g/mol. The molecule has 0 amide bonds. The van der Waals surface area contributed by atoms with Gasteiger partial charge in [0, 0.05) is 36.4 Å². The van der Waals surface area contributed by atoms with Gasteiger partial charge in [0.2, 0.25) is 0 Å². The van der Waals surface area contributed by atoms with Crippen molar-refractivity contribution in [1.82, 2.24) is 4.90 Å². The Balaban J connectivity index is 2.27. The van der Waals surface area contributed by atoms with Crippen molar-refractivity contribution in [2.75, 3.05) is 25.0 Å². The van der Waals surface area contributed by atoms with Gasteiger partial charge in [-0.1, -0.05) is 25.1 Å². The Kier molecular flexibility index (Phi) is 4.48. The number of hydrogen-bond donors (Lipinski definition) is 1. The Labute approximate surface area is 116 Å². The van der Waals surface area contributed by atoms with Gasteiger partial charge in [0.15, 0.2) is 0 Å². The molecular formula is C16H26N2O. The third kappa shape index (κ3) is 2.93. The van der Waals surface area contributed by atoms with Gasteiger partial charge < -0.3 is 10.0 Å². The molecule has 1 aliphatic heterocycles. The maximum atomic E-state index is 10.2. The minimum atomic E-state index is -0.360. The third-order valence-corrected chi connectivity index (χ3v) is 4.38. The molecule has 1 heterocycles. The SMILES string of the molecule is CC[C@@H](O)c1ccccc1N1CC(C)N(C)C(C)C1. The van der Waals surface area contributed by atoms with E-state index in [1.54, 1.807) is 0 Å². The molecule has 1 aromatic rings. The molecule has 3 atom stereocenters. The standard InChI is InChI=1S/C16H26N2O/c1-5-16(19)14-8-6-7-9-15(14)18-10-12(2)17(4)13(3)11-18/h6-9,12-13,16,19H,5,10-11H2,1-4H3/t12?,13?,16-/m1/s1. The largest absolute Gasteiger partial charge is 0.388 e. The molecule has 0 spiro atoms. The van der Waals surface area contributed by atoms with Crippen LogP contribution < -0.4 is 4.90 Å². The number of hydrogen-bond acceptors (Lipinski definition) is 3. The van der Waals surface area contributed by atoms with E-state index in [-0.39, 0.29) is 6.10 Å². The predicted octanol–water partition coefficient (Wildman–Crippen LogP) is 2.66. The molecule has 0 aliphatic carbocycles. The molecule has 3 nitrogen and oxygen atoms in total. The van der Waals surface area contributed by atoms with Crippen molar-refractivity contribution in [1.29, 1.82) is 0 Å². The van der Waals surface area contributed by atoms with Crippen molar-refractivity contribution >= 4 is 5.69 Å². The van der Waals surface area contributed by atoms with Crippen molar-refractivity contribution in [3.8, 4) is 0 Å². The Morgan fingerprint density at radius 1 is 1.21 bits per heavy atom. The first-order chi connectivity index (χ1) is 9.04. The van der Waals surface area contributed by atoms with Crippen LogP contribution in [0.1, 0.15) is 38.9 Å². The summed E-state index contributed by atoms with van der Waals surface area (Å²) in [5.74, 6) is 0. The highest BCUT2D eigenvalue weighted by atomic mass is 16.3. The van der Waals surface area contributed by atoms with Crippen LogP contribution in [0.2, 0.25) is 0 Å². The number of para-hydroxylation sites is 1. The van der Waals surface area contributed by atoms with Gasteiger partial charge in [-0.3, -0.25) is 4.90 Å². The summed E-state index contributed by atoms with van der Waals surface area (Å²) in [6.07, 6.45) is 0.400. The first-order valence-corrected chi connectivity index (χ1v) is 7.28. The Morgan fingerprint density at radius 2 is 1.79 bits per heavy atom. The molecule has 1 aromatic carbocycles. The van der Waals surface area contributed by atoms with E-state index in [1.165, 1.54) is 5.69 Å².